The lowest BCUT2D eigenvalue weighted by Gasteiger charge is -2.13. The number of amides is 1. The Kier molecular flexibility index (Phi) is 8.49. The van der Waals surface area contributed by atoms with Crippen LogP contribution in [0, 0.1) is 13.8 Å². The summed E-state index contributed by atoms with van der Waals surface area (Å²) >= 11 is 0. The molecular weight excluding hydrogens is 404 g/mol. The number of nitrogens with zero attached hydrogens (tertiary/aromatic N) is 1. The third-order valence-corrected chi connectivity index (χ3v) is 4.96. The lowest BCUT2D eigenvalue weighted by atomic mass is 10.1. The molecule has 0 spiro atoms. The molecule has 0 aliphatic heterocycles. The van der Waals surface area contributed by atoms with Gasteiger partial charge >= 0.3 is 0 Å². The second kappa shape index (κ2) is 11.7. The van der Waals surface area contributed by atoms with Crippen LogP contribution in [0.3, 0.4) is 0 Å². The summed E-state index contributed by atoms with van der Waals surface area (Å²) in [5.74, 6) is 2.04. The fourth-order valence-corrected chi connectivity index (χ4v) is 3.17. The number of unbranched alkanes of at least 4 members (excludes halogenated alkanes) is 1. The van der Waals surface area contributed by atoms with E-state index in [-0.39, 0.29) is 5.91 Å². The van der Waals surface area contributed by atoms with E-state index in [0.29, 0.717) is 36.8 Å². The number of ether oxygens (including phenoxy) is 3. The molecule has 6 nitrogen and oxygen atoms in total. The van der Waals surface area contributed by atoms with Crippen LogP contribution in [0.25, 0.3) is 0 Å². The van der Waals surface area contributed by atoms with Crippen molar-refractivity contribution in [2.45, 2.75) is 39.7 Å². The van der Waals surface area contributed by atoms with E-state index >= 15 is 0 Å². The predicted molar refractivity (Wildman–Crippen MR) is 125 cm³/mol. The Hall–Kier alpha value is -3.54. The summed E-state index contributed by atoms with van der Waals surface area (Å²) in [5, 5.41) is 2.93. The van der Waals surface area contributed by atoms with Gasteiger partial charge in [0.15, 0.2) is 11.5 Å². The summed E-state index contributed by atoms with van der Waals surface area (Å²) < 4.78 is 17.1. The number of rotatable bonds is 11. The van der Waals surface area contributed by atoms with Crippen LogP contribution in [0.1, 0.15) is 36.0 Å². The van der Waals surface area contributed by atoms with Gasteiger partial charge in [-0.15, -0.1) is 0 Å². The lowest BCUT2D eigenvalue weighted by molar-refractivity contribution is -0.116. The van der Waals surface area contributed by atoms with E-state index < -0.39 is 0 Å². The van der Waals surface area contributed by atoms with Crippen molar-refractivity contribution in [1.29, 1.82) is 0 Å². The quantitative estimate of drug-likeness (QED) is 0.405. The fourth-order valence-electron chi connectivity index (χ4n) is 3.17. The smallest absolute Gasteiger partial charge is 0.224 e. The van der Waals surface area contributed by atoms with E-state index in [1.165, 1.54) is 5.56 Å². The number of hydrogen-bond acceptors (Lipinski definition) is 5. The molecule has 1 N–H and O–H groups in total. The summed E-state index contributed by atoms with van der Waals surface area (Å²) in [5.41, 5.74) is 3.92. The maximum Gasteiger partial charge on any atom is 0.224 e. The summed E-state index contributed by atoms with van der Waals surface area (Å²) in [4.78, 5) is 16.4. The van der Waals surface area contributed by atoms with Gasteiger partial charge in [-0.2, -0.15) is 0 Å². The minimum atomic E-state index is -0.0416. The summed E-state index contributed by atoms with van der Waals surface area (Å²) in [6.07, 6.45) is 5.45. The highest BCUT2D eigenvalue weighted by molar-refractivity contribution is 5.91. The Morgan fingerprint density at radius 1 is 0.969 bits per heavy atom. The first-order valence-corrected chi connectivity index (χ1v) is 10.7. The van der Waals surface area contributed by atoms with Crippen molar-refractivity contribution >= 4 is 11.6 Å². The fraction of sp³-hybridized carbons (Fsp3) is 0.308. The van der Waals surface area contributed by atoms with Crippen molar-refractivity contribution in [2.75, 3.05) is 19.0 Å². The topological polar surface area (TPSA) is 69.7 Å². The number of benzene rings is 2. The number of pyridine rings is 1. The van der Waals surface area contributed by atoms with Crippen LogP contribution in [0.15, 0.2) is 60.9 Å². The molecule has 0 saturated heterocycles. The number of nitrogens with one attached hydrogen (secondary N) is 1. The van der Waals surface area contributed by atoms with Gasteiger partial charge in [-0.05, 0) is 62.1 Å². The van der Waals surface area contributed by atoms with E-state index in [1.54, 1.807) is 37.7 Å². The third-order valence-electron chi connectivity index (χ3n) is 4.96. The highest BCUT2D eigenvalue weighted by atomic mass is 16.5. The van der Waals surface area contributed by atoms with E-state index in [4.69, 9.17) is 14.2 Å². The standard InChI is InChI=1S/C26H30N2O4/c1-19-9-10-20(2)24(15-19)31-14-5-4-8-26(29)28-22-11-12-23(30-3)25(16-22)32-18-21-7-6-13-27-17-21/h6-7,9-13,15-17H,4-5,8,14,18H2,1-3H3,(H,28,29). The highest BCUT2D eigenvalue weighted by Gasteiger charge is 2.09. The number of carbonyl (C=O) groups is 1. The molecule has 0 fully saturated rings. The zero-order valence-electron chi connectivity index (χ0n) is 18.9. The molecule has 1 heterocycles. The van der Waals surface area contributed by atoms with Gasteiger partial charge in [0.05, 0.1) is 13.7 Å². The zero-order valence-corrected chi connectivity index (χ0v) is 18.9. The molecule has 3 aromatic rings. The van der Waals surface area contributed by atoms with Crippen molar-refractivity contribution in [3.05, 3.63) is 77.6 Å². The van der Waals surface area contributed by atoms with Gasteiger partial charge in [-0.25, -0.2) is 0 Å². The molecule has 3 rings (SSSR count). The lowest BCUT2D eigenvalue weighted by Crippen LogP contribution is -2.12. The predicted octanol–water partition coefficient (Wildman–Crippen LogP) is 5.47. The van der Waals surface area contributed by atoms with Crippen LogP contribution in [-0.2, 0) is 11.4 Å². The first-order chi connectivity index (χ1) is 15.5. The number of carbonyl (C=O) groups excluding carboxylic acids is 1. The average molecular weight is 435 g/mol. The Morgan fingerprint density at radius 3 is 2.62 bits per heavy atom. The van der Waals surface area contributed by atoms with Crippen LogP contribution in [0.2, 0.25) is 0 Å². The van der Waals surface area contributed by atoms with Gasteiger partial charge < -0.3 is 19.5 Å². The maximum atomic E-state index is 12.4. The van der Waals surface area contributed by atoms with Crippen molar-refractivity contribution in [3.8, 4) is 17.2 Å². The summed E-state index contributed by atoms with van der Waals surface area (Å²) in [7, 11) is 1.59. The number of methoxy groups -OCH3 is 1. The second-order valence-corrected chi connectivity index (χ2v) is 7.64. The number of hydrogen-bond donors (Lipinski definition) is 1. The molecule has 0 radical (unpaired) electrons. The Morgan fingerprint density at radius 2 is 1.84 bits per heavy atom. The molecule has 1 aromatic heterocycles. The van der Waals surface area contributed by atoms with Gasteiger partial charge in [0.1, 0.15) is 12.4 Å². The number of aryl methyl sites for hydroxylation is 2. The number of aromatic nitrogens is 1. The molecule has 0 aliphatic carbocycles. The molecule has 0 aliphatic rings. The largest absolute Gasteiger partial charge is 0.493 e. The first kappa shape index (κ1) is 23.1. The molecule has 0 unspecified atom stereocenters. The SMILES string of the molecule is COc1ccc(NC(=O)CCCCOc2cc(C)ccc2C)cc1OCc1cccnc1. The molecule has 168 valence electrons. The Labute approximate surface area is 189 Å². The van der Waals surface area contributed by atoms with Crippen LogP contribution in [0.4, 0.5) is 5.69 Å². The van der Waals surface area contributed by atoms with Crippen molar-refractivity contribution in [1.82, 2.24) is 4.98 Å². The van der Waals surface area contributed by atoms with E-state index in [9.17, 15) is 4.79 Å². The average Bonchev–Trinajstić information content (AvgIpc) is 2.80. The maximum absolute atomic E-state index is 12.4. The van der Waals surface area contributed by atoms with Gasteiger partial charge in [0.2, 0.25) is 5.91 Å². The van der Waals surface area contributed by atoms with Gasteiger partial charge in [0.25, 0.3) is 0 Å². The van der Waals surface area contributed by atoms with Crippen molar-refractivity contribution in [2.24, 2.45) is 0 Å². The molecular formula is C26H30N2O4. The molecule has 32 heavy (non-hydrogen) atoms. The van der Waals surface area contributed by atoms with Crippen LogP contribution in [0.5, 0.6) is 17.2 Å². The van der Waals surface area contributed by atoms with Crippen LogP contribution >= 0.6 is 0 Å². The first-order valence-electron chi connectivity index (χ1n) is 10.7. The van der Waals surface area contributed by atoms with Crippen LogP contribution in [-0.4, -0.2) is 24.6 Å². The summed E-state index contributed by atoms with van der Waals surface area (Å²) in [6, 6.07) is 15.3. The second-order valence-electron chi connectivity index (χ2n) is 7.64. The van der Waals surface area contributed by atoms with E-state index in [2.05, 4.69) is 22.4 Å². The minimum absolute atomic E-state index is 0.0416. The van der Waals surface area contributed by atoms with Crippen molar-refractivity contribution in [3.63, 3.8) is 0 Å². The van der Waals surface area contributed by atoms with Gasteiger partial charge in [-0.3, -0.25) is 9.78 Å². The van der Waals surface area contributed by atoms with Crippen LogP contribution < -0.4 is 19.5 Å². The molecule has 0 saturated carbocycles. The zero-order chi connectivity index (χ0) is 22.8. The Bertz CT molecular complexity index is 1020. The molecule has 0 atom stereocenters. The molecule has 0 bridgehead atoms. The van der Waals surface area contributed by atoms with E-state index in [0.717, 1.165) is 29.7 Å². The highest BCUT2D eigenvalue weighted by Crippen LogP contribution is 2.31. The Balaban J connectivity index is 1.45. The van der Waals surface area contributed by atoms with Gasteiger partial charge in [0, 0.05) is 36.1 Å². The van der Waals surface area contributed by atoms with E-state index in [1.807, 2.05) is 32.0 Å². The molecule has 6 heteroatoms. The number of anilines is 1. The normalized spacial score (nSPS) is 10.5. The minimum Gasteiger partial charge on any atom is -0.493 e. The third kappa shape index (κ3) is 7.01. The molecule has 1 amide bonds. The van der Waals surface area contributed by atoms with Gasteiger partial charge in [-0.1, -0.05) is 18.2 Å². The molecule has 2 aromatic carbocycles. The monoisotopic (exact) mass is 434 g/mol. The van der Waals surface area contributed by atoms with Crippen molar-refractivity contribution < 1.29 is 19.0 Å². The summed E-state index contributed by atoms with van der Waals surface area (Å²) in [6.45, 7) is 5.03.